The van der Waals surface area contributed by atoms with Crippen molar-refractivity contribution in [2.45, 2.75) is 39.0 Å². The third-order valence-corrected chi connectivity index (χ3v) is 3.98. The van der Waals surface area contributed by atoms with Gasteiger partial charge >= 0.3 is 11.6 Å². The molecule has 0 spiro atoms. The third-order valence-electron chi connectivity index (χ3n) is 3.98. The second kappa shape index (κ2) is 6.56. The van der Waals surface area contributed by atoms with Crippen LogP contribution in [0.25, 0.3) is 5.69 Å². The van der Waals surface area contributed by atoms with Gasteiger partial charge in [-0.3, -0.25) is 15.1 Å². The number of aromatic nitrogens is 3. The van der Waals surface area contributed by atoms with Crippen LogP contribution in [0.1, 0.15) is 42.1 Å². The zero-order valence-electron chi connectivity index (χ0n) is 13.7. The number of hydrogen-bond acceptors (Lipinski definition) is 6. The quantitative estimate of drug-likeness (QED) is 0.474. The van der Waals surface area contributed by atoms with Crippen molar-refractivity contribution in [1.82, 2.24) is 14.8 Å². The van der Waals surface area contributed by atoms with E-state index in [9.17, 15) is 10.1 Å². The summed E-state index contributed by atoms with van der Waals surface area (Å²) in [5, 5.41) is 24.9. The molecule has 24 heavy (non-hydrogen) atoms. The summed E-state index contributed by atoms with van der Waals surface area (Å²) in [4.78, 5) is 15.5. The number of pyridine rings is 1. The van der Waals surface area contributed by atoms with E-state index in [0.717, 1.165) is 29.8 Å². The van der Waals surface area contributed by atoms with Gasteiger partial charge in [-0.25, -0.2) is 4.68 Å². The molecule has 1 aliphatic rings. The van der Waals surface area contributed by atoms with Gasteiger partial charge in [0.2, 0.25) is 0 Å². The van der Waals surface area contributed by atoms with Crippen LogP contribution in [0.15, 0.2) is 12.3 Å². The molecule has 0 amide bonds. The molecule has 0 atom stereocenters. The summed E-state index contributed by atoms with van der Waals surface area (Å²) >= 11 is 0. The first-order chi connectivity index (χ1) is 11.5. The molecule has 2 aromatic heterocycles. The zero-order chi connectivity index (χ0) is 17.3. The maximum atomic E-state index is 11.6. The van der Waals surface area contributed by atoms with Crippen LogP contribution in [0.3, 0.4) is 0 Å². The van der Waals surface area contributed by atoms with E-state index < -0.39 is 4.92 Å². The largest absolute Gasteiger partial charge is 0.472 e. The molecule has 128 valence electrons. The lowest BCUT2D eigenvalue weighted by Crippen LogP contribution is -2.06. The fourth-order valence-corrected chi connectivity index (χ4v) is 2.65. The Morgan fingerprint density at radius 2 is 2.21 bits per heavy atom. The molecule has 0 bridgehead atoms. The Hall–Kier alpha value is -2.48. The summed E-state index contributed by atoms with van der Waals surface area (Å²) in [5.74, 6) is 0.129. The standard InChI is InChI=1S/C16H20N4O4/c1-10-8-13(11(2)17-9-10)19-14(12-4-5-12)15(20(22)23)16(18-19)24-7-3-6-21/h8-9,12,21H,3-7H2,1-2H3. The van der Waals surface area contributed by atoms with Gasteiger partial charge in [-0.15, -0.1) is 5.10 Å². The molecule has 0 aromatic carbocycles. The molecule has 1 fully saturated rings. The van der Waals surface area contributed by atoms with E-state index in [-0.39, 0.29) is 30.7 Å². The summed E-state index contributed by atoms with van der Waals surface area (Å²) in [6.07, 6.45) is 3.96. The third kappa shape index (κ3) is 3.09. The molecule has 8 nitrogen and oxygen atoms in total. The molecule has 3 rings (SSSR count). The minimum Gasteiger partial charge on any atom is -0.472 e. The van der Waals surface area contributed by atoms with Crippen LogP contribution >= 0.6 is 0 Å². The summed E-state index contributed by atoms with van der Waals surface area (Å²) in [7, 11) is 0. The monoisotopic (exact) mass is 332 g/mol. The van der Waals surface area contributed by atoms with E-state index in [0.29, 0.717) is 12.1 Å². The Morgan fingerprint density at radius 3 is 2.83 bits per heavy atom. The molecule has 0 unspecified atom stereocenters. The van der Waals surface area contributed by atoms with Crippen LogP contribution in [0.4, 0.5) is 5.69 Å². The highest BCUT2D eigenvalue weighted by Crippen LogP contribution is 2.48. The van der Waals surface area contributed by atoms with Crippen molar-refractivity contribution < 1.29 is 14.8 Å². The van der Waals surface area contributed by atoms with Crippen LogP contribution in [0.5, 0.6) is 5.88 Å². The van der Waals surface area contributed by atoms with E-state index in [1.54, 1.807) is 10.9 Å². The van der Waals surface area contributed by atoms with Gasteiger partial charge in [-0.1, -0.05) is 0 Å². The van der Waals surface area contributed by atoms with E-state index in [4.69, 9.17) is 9.84 Å². The van der Waals surface area contributed by atoms with Gasteiger partial charge in [0.15, 0.2) is 0 Å². The lowest BCUT2D eigenvalue weighted by atomic mass is 10.2. The Morgan fingerprint density at radius 1 is 1.46 bits per heavy atom. The van der Waals surface area contributed by atoms with E-state index in [1.807, 2.05) is 19.9 Å². The van der Waals surface area contributed by atoms with Gasteiger partial charge in [0.05, 0.1) is 22.9 Å². The predicted molar refractivity (Wildman–Crippen MR) is 86.7 cm³/mol. The number of aliphatic hydroxyl groups excluding tert-OH is 1. The number of aliphatic hydroxyl groups is 1. The molecule has 1 aliphatic carbocycles. The predicted octanol–water partition coefficient (Wildman–Crippen LogP) is 2.43. The maximum Gasteiger partial charge on any atom is 0.354 e. The van der Waals surface area contributed by atoms with Crippen molar-refractivity contribution >= 4 is 5.69 Å². The highest BCUT2D eigenvalue weighted by molar-refractivity contribution is 5.54. The highest BCUT2D eigenvalue weighted by atomic mass is 16.6. The van der Waals surface area contributed by atoms with Crippen LogP contribution in [-0.2, 0) is 0 Å². The van der Waals surface area contributed by atoms with Crippen LogP contribution in [0.2, 0.25) is 0 Å². The molecular weight excluding hydrogens is 312 g/mol. The molecule has 0 aliphatic heterocycles. The second-order valence-electron chi connectivity index (χ2n) is 6.03. The molecule has 0 saturated heterocycles. The molecule has 1 saturated carbocycles. The van der Waals surface area contributed by atoms with Crippen molar-refractivity contribution in [3.05, 3.63) is 39.3 Å². The summed E-state index contributed by atoms with van der Waals surface area (Å²) in [6.45, 7) is 3.92. The fourth-order valence-electron chi connectivity index (χ4n) is 2.65. The summed E-state index contributed by atoms with van der Waals surface area (Å²) < 4.78 is 7.09. The Balaban J connectivity index is 2.12. The van der Waals surface area contributed by atoms with Crippen molar-refractivity contribution in [2.24, 2.45) is 0 Å². The Labute approximate surface area is 139 Å². The van der Waals surface area contributed by atoms with Crippen LogP contribution < -0.4 is 4.74 Å². The molecule has 1 N–H and O–H groups in total. The number of nitro groups is 1. The Bertz CT molecular complexity index is 768. The smallest absolute Gasteiger partial charge is 0.354 e. The van der Waals surface area contributed by atoms with E-state index in [2.05, 4.69) is 10.1 Å². The molecule has 2 aromatic rings. The number of hydrogen-bond donors (Lipinski definition) is 1. The van der Waals surface area contributed by atoms with Gasteiger partial charge in [0.1, 0.15) is 5.69 Å². The number of ether oxygens (including phenoxy) is 1. The van der Waals surface area contributed by atoms with Gasteiger partial charge in [-0.2, -0.15) is 0 Å². The maximum absolute atomic E-state index is 11.6. The van der Waals surface area contributed by atoms with Crippen molar-refractivity contribution in [1.29, 1.82) is 0 Å². The molecule has 0 radical (unpaired) electrons. The van der Waals surface area contributed by atoms with E-state index >= 15 is 0 Å². The van der Waals surface area contributed by atoms with Gasteiger partial charge in [-0.05, 0) is 38.3 Å². The van der Waals surface area contributed by atoms with Crippen molar-refractivity contribution in [3.63, 3.8) is 0 Å². The van der Waals surface area contributed by atoms with Gasteiger partial charge in [0.25, 0.3) is 0 Å². The Kier molecular flexibility index (Phi) is 4.48. The highest BCUT2D eigenvalue weighted by Gasteiger charge is 2.40. The molecule has 2 heterocycles. The number of nitrogens with zero attached hydrogens (tertiary/aromatic N) is 4. The minimum absolute atomic E-state index is 0.0104. The first-order valence-electron chi connectivity index (χ1n) is 7.97. The zero-order valence-corrected chi connectivity index (χ0v) is 13.7. The molecular formula is C16H20N4O4. The number of aryl methyl sites for hydroxylation is 2. The average molecular weight is 332 g/mol. The second-order valence-corrected chi connectivity index (χ2v) is 6.03. The topological polar surface area (TPSA) is 103 Å². The van der Waals surface area contributed by atoms with Crippen molar-refractivity contribution in [3.8, 4) is 11.6 Å². The number of rotatable bonds is 7. The fraction of sp³-hybridized carbons (Fsp3) is 0.500. The molecule has 8 heteroatoms. The lowest BCUT2D eigenvalue weighted by Gasteiger charge is -2.09. The normalized spacial score (nSPS) is 14.0. The first-order valence-corrected chi connectivity index (χ1v) is 7.97. The van der Waals surface area contributed by atoms with Crippen LogP contribution in [-0.4, -0.2) is 38.0 Å². The lowest BCUT2D eigenvalue weighted by molar-refractivity contribution is -0.386. The minimum atomic E-state index is -0.427. The first kappa shape index (κ1) is 16.4. The van der Waals surface area contributed by atoms with Gasteiger partial charge < -0.3 is 9.84 Å². The van der Waals surface area contributed by atoms with Crippen LogP contribution in [0, 0.1) is 24.0 Å². The average Bonchev–Trinajstić information content (AvgIpc) is 3.31. The van der Waals surface area contributed by atoms with Crippen molar-refractivity contribution in [2.75, 3.05) is 13.2 Å². The van der Waals surface area contributed by atoms with Gasteiger partial charge in [0, 0.05) is 25.1 Å². The SMILES string of the molecule is Cc1cnc(C)c(-n2nc(OCCCO)c([N+](=O)[O-])c2C2CC2)c1. The van der Waals surface area contributed by atoms with E-state index in [1.165, 1.54) is 0 Å². The summed E-state index contributed by atoms with van der Waals surface area (Å²) in [6, 6.07) is 1.92. The summed E-state index contributed by atoms with van der Waals surface area (Å²) in [5.41, 5.74) is 2.95.